The number of hydrogen-bond donors (Lipinski definition) is 2. The smallest absolute Gasteiger partial charge is 0.406 e. The summed E-state index contributed by atoms with van der Waals surface area (Å²) in [6.45, 7) is 0. The number of rotatable bonds is 3. The Labute approximate surface area is 114 Å². The van der Waals surface area contributed by atoms with Crippen LogP contribution in [0.2, 0.25) is 0 Å². The molecule has 1 aromatic heterocycles. The van der Waals surface area contributed by atoms with Gasteiger partial charge in [-0.05, 0) is 12.1 Å². The Balaban J connectivity index is 1.99. The van der Waals surface area contributed by atoms with Crippen molar-refractivity contribution < 1.29 is 22.7 Å². The van der Waals surface area contributed by atoms with E-state index in [1.54, 1.807) is 0 Å². The molecular formula is C10H7F3N4O2S. The highest BCUT2D eigenvalue weighted by molar-refractivity contribution is 7.10. The Morgan fingerprint density at radius 1 is 1.30 bits per heavy atom. The molecule has 0 saturated heterocycles. The van der Waals surface area contributed by atoms with Crippen molar-refractivity contribution in [3.05, 3.63) is 30.5 Å². The van der Waals surface area contributed by atoms with Crippen molar-refractivity contribution in [1.29, 1.82) is 0 Å². The van der Waals surface area contributed by atoms with Gasteiger partial charge in [-0.3, -0.25) is 5.32 Å². The molecule has 0 aliphatic rings. The SMILES string of the molecule is O=C(Nc1cccc(OC(F)(F)F)c1)Nc1cnns1. The molecule has 2 amide bonds. The van der Waals surface area contributed by atoms with Crippen LogP contribution in [0.5, 0.6) is 5.75 Å². The quantitative estimate of drug-likeness (QED) is 0.913. The average molecular weight is 304 g/mol. The van der Waals surface area contributed by atoms with Crippen molar-refractivity contribution in [2.24, 2.45) is 0 Å². The number of halogens is 3. The lowest BCUT2D eigenvalue weighted by atomic mass is 10.3. The number of carbonyl (C=O) groups excluding carboxylic acids is 1. The van der Waals surface area contributed by atoms with E-state index in [9.17, 15) is 18.0 Å². The third-order valence-corrected chi connectivity index (χ3v) is 2.50. The molecule has 106 valence electrons. The normalized spacial score (nSPS) is 10.9. The number of anilines is 2. The summed E-state index contributed by atoms with van der Waals surface area (Å²) in [5, 5.41) is 8.70. The van der Waals surface area contributed by atoms with Crippen LogP contribution in [0.15, 0.2) is 30.5 Å². The molecule has 0 aliphatic carbocycles. The van der Waals surface area contributed by atoms with E-state index < -0.39 is 18.1 Å². The summed E-state index contributed by atoms with van der Waals surface area (Å²) in [5.41, 5.74) is 0.154. The maximum Gasteiger partial charge on any atom is 0.573 e. The molecule has 0 aliphatic heterocycles. The van der Waals surface area contributed by atoms with Gasteiger partial charge in [0.25, 0.3) is 0 Å². The van der Waals surface area contributed by atoms with Crippen LogP contribution in [0.25, 0.3) is 0 Å². The molecule has 0 atom stereocenters. The van der Waals surface area contributed by atoms with Gasteiger partial charge in [-0.1, -0.05) is 10.6 Å². The number of aromatic nitrogens is 2. The van der Waals surface area contributed by atoms with Gasteiger partial charge in [0, 0.05) is 23.3 Å². The first kappa shape index (κ1) is 14.1. The number of nitrogens with one attached hydrogen (secondary N) is 2. The van der Waals surface area contributed by atoms with Crippen molar-refractivity contribution in [2.45, 2.75) is 6.36 Å². The molecule has 20 heavy (non-hydrogen) atoms. The van der Waals surface area contributed by atoms with Crippen LogP contribution in [0.1, 0.15) is 0 Å². The molecule has 1 heterocycles. The first-order valence-corrected chi connectivity index (χ1v) is 5.91. The third-order valence-electron chi connectivity index (χ3n) is 1.92. The van der Waals surface area contributed by atoms with E-state index in [0.717, 1.165) is 23.7 Å². The van der Waals surface area contributed by atoms with Crippen molar-refractivity contribution in [2.75, 3.05) is 10.6 Å². The van der Waals surface area contributed by atoms with Gasteiger partial charge in [0.1, 0.15) is 10.8 Å². The Morgan fingerprint density at radius 2 is 2.10 bits per heavy atom. The molecule has 0 spiro atoms. The highest BCUT2D eigenvalue weighted by Gasteiger charge is 2.31. The van der Waals surface area contributed by atoms with Crippen molar-refractivity contribution in [3.8, 4) is 5.75 Å². The number of ether oxygens (including phenoxy) is 1. The second kappa shape index (κ2) is 5.74. The molecule has 2 N–H and O–H groups in total. The van der Waals surface area contributed by atoms with E-state index in [4.69, 9.17) is 0 Å². The van der Waals surface area contributed by atoms with Gasteiger partial charge in [-0.15, -0.1) is 18.3 Å². The highest BCUT2D eigenvalue weighted by atomic mass is 32.1. The summed E-state index contributed by atoms with van der Waals surface area (Å²) in [5.74, 6) is -0.422. The standard InChI is InChI=1S/C10H7F3N4O2S/c11-10(12,13)19-7-3-1-2-6(4-7)15-9(18)16-8-5-14-17-20-8/h1-5H,(H2,15,16,18). The van der Waals surface area contributed by atoms with Gasteiger partial charge in [0.15, 0.2) is 0 Å². The minimum Gasteiger partial charge on any atom is -0.406 e. The summed E-state index contributed by atoms with van der Waals surface area (Å²) in [4.78, 5) is 11.5. The van der Waals surface area contributed by atoms with Crippen LogP contribution in [-0.4, -0.2) is 22.0 Å². The van der Waals surface area contributed by atoms with E-state index >= 15 is 0 Å². The lowest BCUT2D eigenvalue weighted by Gasteiger charge is -2.10. The Bertz CT molecular complexity index is 588. The molecule has 2 rings (SSSR count). The zero-order valence-electron chi connectivity index (χ0n) is 9.64. The number of carbonyl (C=O) groups is 1. The molecule has 2 aromatic rings. The number of hydrogen-bond acceptors (Lipinski definition) is 5. The summed E-state index contributed by atoms with van der Waals surface area (Å²) in [7, 11) is 0. The van der Waals surface area contributed by atoms with E-state index in [0.29, 0.717) is 5.00 Å². The van der Waals surface area contributed by atoms with Gasteiger partial charge in [-0.25, -0.2) is 4.79 Å². The Kier molecular flexibility index (Phi) is 4.03. The maximum absolute atomic E-state index is 12.1. The Morgan fingerprint density at radius 3 is 2.75 bits per heavy atom. The number of nitrogens with zero attached hydrogens (tertiary/aromatic N) is 2. The first-order valence-electron chi connectivity index (χ1n) is 5.13. The second-order valence-corrected chi connectivity index (χ2v) is 4.22. The van der Waals surface area contributed by atoms with Crippen LogP contribution in [-0.2, 0) is 0 Å². The average Bonchev–Trinajstić information content (AvgIpc) is 2.79. The second-order valence-electron chi connectivity index (χ2n) is 3.44. The van der Waals surface area contributed by atoms with Crippen molar-refractivity contribution in [1.82, 2.24) is 9.59 Å². The molecule has 0 radical (unpaired) electrons. The number of alkyl halides is 3. The molecular weight excluding hydrogens is 297 g/mol. The van der Waals surface area contributed by atoms with Crippen molar-refractivity contribution in [3.63, 3.8) is 0 Å². The molecule has 0 fully saturated rings. The van der Waals surface area contributed by atoms with Crippen LogP contribution >= 0.6 is 11.5 Å². The van der Waals surface area contributed by atoms with E-state index in [1.165, 1.54) is 18.3 Å². The maximum atomic E-state index is 12.1. The van der Waals surface area contributed by atoms with Gasteiger partial charge in [0.05, 0.1) is 6.20 Å². The minimum atomic E-state index is -4.78. The van der Waals surface area contributed by atoms with Gasteiger partial charge in [0.2, 0.25) is 0 Å². The van der Waals surface area contributed by atoms with Crippen LogP contribution in [0.4, 0.5) is 28.7 Å². The predicted molar refractivity (Wildman–Crippen MR) is 65.7 cm³/mol. The lowest BCUT2D eigenvalue weighted by Crippen LogP contribution is -2.19. The summed E-state index contributed by atoms with van der Waals surface area (Å²) in [6, 6.07) is 4.31. The molecule has 10 heteroatoms. The first-order chi connectivity index (χ1) is 9.42. The largest absolute Gasteiger partial charge is 0.573 e. The van der Waals surface area contributed by atoms with Crippen LogP contribution < -0.4 is 15.4 Å². The fraction of sp³-hybridized carbons (Fsp3) is 0.100. The monoisotopic (exact) mass is 304 g/mol. The van der Waals surface area contributed by atoms with Gasteiger partial charge in [-0.2, -0.15) is 0 Å². The zero-order valence-corrected chi connectivity index (χ0v) is 10.5. The molecule has 0 saturated carbocycles. The molecule has 6 nitrogen and oxygen atoms in total. The summed E-state index contributed by atoms with van der Waals surface area (Å²) < 4.78 is 43.4. The predicted octanol–water partition coefficient (Wildman–Crippen LogP) is 3.08. The van der Waals surface area contributed by atoms with Gasteiger partial charge < -0.3 is 10.1 Å². The zero-order chi connectivity index (χ0) is 14.6. The molecule has 0 unspecified atom stereocenters. The fourth-order valence-electron chi connectivity index (χ4n) is 1.27. The number of benzene rings is 1. The summed E-state index contributed by atoms with van der Waals surface area (Å²) in [6.07, 6.45) is -3.44. The van der Waals surface area contributed by atoms with E-state index in [2.05, 4.69) is 25.0 Å². The molecule has 1 aromatic carbocycles. The minimum absolute atomic E-state index is 0.154. The van der Waals surface area contributed by atoms with Gasteiger partial charge >= 0.3 is 12.4 Å². The summed E-state index contributed by atoms with van der Waals surface area (Å²) >= 11 is 0.966. The number of urea groups is 1. The van der Waals surface area contributed by atoms with Crippen LogP contribution in [0.3, 0.4) is 0 Å². The highest BCUT2D eigenvalue weighted by Crippen LogP contribution is 2.25. The van der Waals surface area contributed by atoms with E-state index in [-0.39, 0.29) is 5.69 Å². The van der Waals surface area contributed by atoms with Crippen LogP contribution in [0, 0.1) is 0 Å². The lowest BCUT2D eigenvalue weighted by molar-refractivity contribution is -0.274. The fourth-order valence-corrected chi connectivity index (χ4v) is 1.68. The topological polar surface area (TPSA) is 76.1 Å². The van der Waals surface area contributed by atoms with Crippen molar-refractivity contribution >= 4 is 28.3 Å². The Hall–Kier alpha value is -2.36. The van der Waals surface area contributed by atoms with E-state index in [1.807, 2.05) is 0 Å². The third kappa shape index (κ3) is 4.39. The number of amides is 2. The molecule has 0 bridgehead atoms.